The first-order valence-corrected chi connectivity index (χ1v) is 8.00. The second-order valence-electron chi connectivity index (χ2n) is 6.76. The normalized spacial score (nSPS) is 26.5. The molecule has 0 aliphatic heterocycles. The maximum Gasteiger partial charge on any atom is 0.223 e. The van der Waals surface area contributed by atoms with Crippen LogP contribution in [-0.2, 0) is 4.79 Å². The van der Waals surface area contributed by atoms with E-state index in [9.17, 15) is 13.6 Å². The Bertz CT molecular complexity index is 570. The Hall–Kier alpha value is -1.49. The van der Waals surface area contributed by atoms with E-state index >= 15 is 0 Å². The molecule has 1 amide bonds. The minimum absolute atomic E-state index is 0.00446. The second-order valence-corrected chi connectivity index (χ2v) is 6.76. The molecule has 3 rings (SSSR count). The fourth-order valence-electron chi connectivity index (χ4n) is 3.42. The summed E-state index contributed by atoms with van der Waals surface area (Å²) >= 11 is 0. The molecule has 120 valence electrons. The smallest absolute Gasteiger partial charge is 0.223 e. The highest BCUT2D eigenvalue weighted by Gasteiger charge is 2.44. The van der Waals surface area contributed by atoms with Gasteiger partial charge in [-0.25, -0.2) is 8.78 Å². The van der Waals surface area contributed by atoms with Crippen molar-refractivity contribution in [3.8, 4) is 0 Å². The van der Waals surface area contributed by atoms with E-state index in [4.69, 9.17) is 5.73 Å². The molecule has 2 saturated carbocycles. The van der Waals surface area contributed by atoms with Gasteiger partial charge in [0.05, 0.1) is 0 Å². The summed E-state index contributed by atoms with van der Waals surface area (Å²) in [6.45, 7) is 0.507. The average Bonchev–Trinajstić information content (AvgIpc) is 3.29. The molecule has 3 N–H and O–H groups in total. The topological polar surface area (TPSA) is 55.1 Å². The van der Waals surface area contributed by atoms with Crippen LogP contribution in [0.1, 0.15) is 50.0 Å². The van der Waals surface area contributed by atoms with Gasteiger partial charge in [-0.1, -0.05) is 25.3 Å². The van der Waals surface area contributed by atoms with Crippen LogP contribution in [0.2, 0.25) is 0 Å². The molecule has 0 saturated heterocycles. The summed E-state index contributed by atoms with van der Waals surface area (Å²) < 4.78 is 26.2. The van der Waals surface area contributed by atoms with Crippen molar-refractivity contribution >= 4 is 5.91 Å². The number of hydrogen-bond donors (Lipinski definition) is 2. The minimum Gasteiger partial charge on any atom is -0.354 e. The third kappa shape index (κ3) is 3.29. The van der Waals surface area contributed by atoms with Crippen LogP contribution in [0.3, 0.4) is 0 Å². The summed E-state index contributed by atoms with van der Waals surface area (Å²) in [7, 11) is 0. The lowest BCUT2D eigenvalue weighted by Crippen LogP contribution is -2.51. The average molecular weight is 308 g/mol. The summed E-state index contributed by atoms with van der Waals surface area (Å²) in [5.41, 5.74) is 6.72. The zero-order chi connectivity index (χ0) is 15.7. The Morgan fingerprint density at radius 2 is 1.95 bits per heavy atom. The van der Waals surface area contributed by atoms with Crippen LogP contribution < -0.4 is 11.1 Å². The molecular weight excluding hydrogens is 286 g/mol. The number of carbonyl (C=O) groups is 1. The molecule has 2 aliphatic rings. The van der Waals surface area contributed by atoms with Crippen LogP contribution in [-0.4, -0.2) is 18.0 Å². The highest BCUT2D eigenvalue weighted by atomic mass is 19.2. The molecule has 0 bridgehead atoms. The molecule has 0 radical (unpaired) electrons. The molecule has 2 fully saturated rings. The first kappa shape index (κ1) is 15.4. The van der Waals surface area contributed by atoms with Gasteiger partial charge in [-0.3, -0.25) is 4.79 Å². The van der Waals surface area contributed by atoms with Crippen molar-refractivity contribution in [1.82, 2.24) is 5.32 Å². The summed E-state index contributed by atoms with van der Waals surface area (Å²) in [4.78, 5) is 12.2. The molecule has 2 aliphatic carbocycles. The Morgan fingerprint density at radius 1 is 1.23 bits per heavy atom. The van der Waals surface area contributed by atoms with E-state index < -0.39 is 11.6 Å². The number of rotatable bonds is 4. The van der Waals surface area contributed by atoms with E-state index in [-0.39, 0.29) is 23.3 Å². The molecular formula is C17H22F2N2O. The molecule has 0 heterocycles. The first-order chi connectivity index (χ1) is 10.5. The van der Waals surface area contributed by atoms with Gasteiger partial charge in [-0.05, 0) is 42.9 Å². The van der Waals surface area contributed by atoms with Crippen molar-refractivity contribution in [3.63, 3.8) is 0 Å². The lowest BCUT2D eigenvalue weighted by molar-refractivity contribution is -0.122. The number of carbonyl (C=O) groups excluding carboxylic acids is 1. The molecule has 0 spiro atoms. The van der Waals surface area contributed by atoms with Gasteiger partial charge in [0, 0.05) is 18.0 Å². The Kier molecular flexibility index (Phi) is 4.17. The predicted molar refractivity (Wildman–Crippen MR) is 80.2 cm³/mol. The maximum absolute atomic E-state index is 13.2. The van der Waals surface area contributed by atoms with Gasteiger partial charge in [-0.2, -0.15) is 0 Å². The van der Waals surface area contributed by atoms with Gasteiger partial charge in [0.1, 0.15) is 0 Å². The lowest BCUT2D eigenvalue weighted by Gasteiger charge is -2.33. The van der Waals surface area contributed by atoms with Crippen LogP contribution in [0.25, 0.3) is 0 Å². The molecule has 1 aromatic carbocycles. The number of hydrogen-bond acceptors (Lipinski definition) is 2. The van der Waals surface area contributed by atoms with Crippen LogP contribution in [0.5, 0.6) is 0 Å². The molecule has 22 heavy (non-hydrogen) atoms. The van der Waals surface area contributed by atoms with Gasteiger partial charge in [0.2, 0.25) is 5.91 Å². The van der Waals surface area contributed by atoms with E-state index in [0.717, 1.165) is 31.7 Å². The van der Waals surface area contributed by atoms with E-state index in [2.05, 4.69) is 5.32 Å². The monoisotopic (exact) mass is 308 g/mol. The summed E-state index contributed by atoms with van der Waals surface area (Å²) in [6.07, 6.45) is 6.04. The largest absolute Gasteiger partial charge is 0.354 e. The maximum atomic E-state index is 13.2. The van der Waals surface area contributed by atoms with Crippen LogP contribution in [0, 0.1) is 17.6 Å². The standard InChI is InChI=1S/C17H22F2N2O/c18-14-5-4-11(8-15(14)19)12-9-13(12)16(22)21-10-17(20)6-2-1-3-7-17/h4-5,8,12-13H,1-3,6-7,9-10,20H2,(H,21,22)/t12-,13+/m1/s1. The van der Waals surface area contributed by atoms with Gasteiger partial charge in [0.15, 0.2) is 11.6 Å². The van der Waals surface area contributed by atoms with Gasteiger partial charge in [0.25, 0.3) is 0 Å². The van der Waals surface area contributed by atoms with Crippen molar-refractivity contribution in [2.75, 3.05) is 6.54 Å². The Balaban J connectivity index is 1.53. The number of benzene rings is 1. The number of nitrogens with one attached hydrogen (secondary N) is 1. The van der Waals surface area contributed by atoms with E-state index in [1.807, 2.05) is 0 Å². The third-order valence-corrected chi connectivity index (χ3v) is 4.96. The Labute approximate surface area is 129 Å². The summed E-state index contributed by atoms with van der Waals surface area (Å²) in [5, 5.41) is 2.95. The number of halogens is 2. The quantitative estimate of drug-likeness (QED) is 0.898. The SMILES string of the molecule is NC1(CNC(=O)[C@H]2C[C@@H]2c2ccc(F)c(F)c2)CCCCC1. The molecule has 3 nitrogen and oxygen atoms in total. The van der Waals surface area contributed by atoms with E-state index in [1.165, 1.54) is 12.5 Å². The lowest BCUT2D eigenvalue weighted by atomic mass is 9.82. The summed E-state index contributed by atoms with van der Waals surface area (Å²) in [6, 6.07) is 3.87. The van der Waals surface area contributed by atoms with Crippen molar-refractivity contribution in [2.45, 2.75) is 50.0 Å². The van der Waals surface area contributed by atoms with Crippen molar-refractivity contribution in [3.05, 3.63) is 35.4 Å². The van der Waals surface area contributed by atoms with Crippen LogP contribution >= 0.6 is 0 Å². The van der Waals surface area contributed by atoms with Crippen molar-refractivity contribution in [1.29, 1.82) is 0 Å². The Morgan fingerprint density at radius 3 is 2.64 bits per heavy atom. The van der Waals surface area contributed by atoms with Gasteiger partial charge < -0.3 is 11.1 Å². The zero-order valence-electron chi connectivity index (χ0n) is 12.6. The highest BCUT2D eigenvalue weighted by molar-refractivity contribution is 5.83. The summed E-state index contributed by atoms with van der Waals surface area (Å²) in [5.74, 6) is -1.88. The second kappa shape index (κ2) is 5.95. The fraction of sp³-hybridized carbons (Fsp3) is 0.588. The minimum atomic E-state index is -0.855. The molecule has 0 unspecified atom stereocenters. The number of amides is 1. The van der Waals surface area contributed by atoms with E-state index in [1.54, 1.807) is 6.07 Å². The number of nitrogens with two attached hydrogens (primary N) is 1. The first-order valence-electron chi connectivity index (χ1n) is 8.00. The molecule has 2 atom stereocenters. The van der Waals surface area contributed by atoms with Crippen LogP contribution in [0.4, 0.5) is 8.78 Å². The molecule has 1 aromatic rings. The fourth-order valence-corrected chi connectivity index (χ4v) is 3.42. The highest BCUT2D eigenvalue weighted by Crippen LogP contribution is 2.47. The zero-order valence-corrected chi connectivity index (χ0v) is 12.6. The van der Waals surface area contributed by atoms with Gasteiger partial charge in [-0.15, -0.1) is 0 Å². The molecule has 0 aromatic heterocycles. The van der Waals surface area contributed by atoms with Crippen molar-refractivity contribution < 1.29 is 13.6 Å². The predicted octanol–water partition coefficient (Wildman–Crippen LogP) is 2.85. The van der Waals surface area contributed by atoms with E-state index in [0.29, 0.717) is 18.5 Å². The third-order valence-electron chi connectivity index (χ3n) is 4.96. The van der Waals surface area contributed by atoms with Gasteiger partial charge >= 0.3 is 0 Å². The van der Waals surface area contributed by atoms with Crippen molar-refractivity contribution in [2.24, 2.45) is 11.7 Å². The van der Waals surface area contributed by atoms with Crippen LogP contribution in [0.15, 0.2) is 18.2 Å². The molecule has 5 heteroatoms.